The lowest BCUT2D eigenvalue weighted by Gasteiger charge is -2.11. The van der Waals surface area contributed by atoms with Crippen LogP contribution in [0.5, 0.6) is 0 Å². The predicted octanol–water partition coefficient (Wildman–Crippen LogP) is 3.10. The lowest BCUT2D eigenvalue weighted by molar-refractivity contribution is 0.0953. The molecule has 35 heavy (non-hydrogen) atoms. The van der Waals surface area contributed by atoms with Gasteiger partial charge in [0, 0.05) is 30.5 Å². The van der Waals surface area contributed by atoms with Crippen LogP contribution >= 0.6 is 0 Å². The molecule has 0 fully saturated rings. The van der Waals surface area contributed by atoms with Gasteiger partial charge in [0.05, 0.1) is 17.6 Å². The zero-order chi connectivity index (χ0) is 24.8. The van der Waals surface area contributed by atoms with E-state index in [1.54, 1.807) is 12.1 Å². The second kappa shape index (κ2) is 10.9. The van der Waals surface area contributed by atoms with Gasteiger partial charge in [-0.05, 0) is 43.0 Å². The molecule has 4 rings (SSSR count). The number of carbonyl (C=O) groups is 1. The number of para-hydroxylation sites is 1. The molecule has 1 amide bonds. The number of guanidine groups is 1. The van der Waals surface area contributed by atoms with E-state index >= 15 is 0 Å². The van der Waals surface area contributed by atoms with Crippen molar-refractivity contribution in [3.05, 3.63) is 65.5 Å². The number of nitrogens with one attached hydrogen (secondary N) is 1. The number of anilines is 1. The van der Waals surface area contributed by atoms with Crippen molar-refractivity contribution in [1.29, 1.82) is 0 Å². The van der Waals surface area contributed by atoms with Gasteiger partial charge in [-0.15, -0.1) is 0 Å². The Labute approximate surface area is 204 Å². The Morgan fingerprint density at radius 1 is 1.06 bits per heavy atom. The summed E-state index contributed by atoms with van der Waals surface area (Å²) in [5, 5.41) is 4.06. The van der Waals surface area contributed by atoms with Crippen LogP contribution in [0.3, 0.4) is 0 Å². The first-order valence-corrected chi connectivity index (χ1v) is 11.9. The highest BCUT2D eigenvalue weighted by atomic mass is 16.1. The van der Waals surface area contributed by atoms with E-state index in [0.29, 0.717) is 24.5 Å². The normalized spacial score (nSPS) is 11.1. The van der Waals surface area contributed by atoms with Gasteiger partial charge in [-0.3, -0.25) is 4.79 Å². The Morgan fingerprint density at radius 2 is 1.83 bits per heavy atom. The number of nitrogens with two attached hydrogens (primary N) is 3. The number of aliphatic imine (C=N–C) groups is 1. The Bertz CT molecular complexity index is 1350. The van der Waals surface area contributed by atoms with Gasteiger partial charge in [0.2, 0.25) is 0 Å². The molecule has 0 spiro atoms. The second-order valence-corrected chi connectivity index (χ2v) is 8.54. The van der Waals surface area contributed by atoms with Gasteiger partial charge in [-0.2, -0.15) is 0 Å². The topological polar surface area (TPSA) is 150 Å². The molecule has 0 saturated carbocycles. The number of aryl methyl sites for hydroxylation is 2. The number of imidazole rings is 1. The monoisotopic (exact) mass is 472 g/mol. The molecule has 0 bridgehead atoms. The second-order valence-electron chi connectivity index (χ2n) is 8.54. The zero-order valence-corrected chi connectivity index (χ0v) is 20.0. The number of hydrogen-bond acceptors (Lipinski definition) is 5. The number of unbranched alkanes of at least 4 members (excludes halogenated alkanes) is 1. The van der Waals surface area contributed by atoms with Crippen LogP contribution in [0.2, 0.25) is 0 Å². The molecule has 182 valence electrons. The van der Waals surface area contributed by atoms with Crippen LogP contribution in [0.25, 0.3) is 21.9 Å². The third kappa shape index (κ3) is 5.51. The summed E-state index contributed by atoms with van der Waals surface area (Å²) in [5.41, 5.74) is 21.2. The Kier molecular flexibility index (Phi) is 7.45. The lowest BCUT2D eigenvalue weighted by atomic mass is 10.1. The van der Waals surface area contributed by atoms with Gasteiger partial charge < -0.3 is 27.1 Å². The molecule has 2 aromatic carbocycles. The summed E-state index contributed by atoms with van der Waals surface area (Å²) in [5.74, 6) is 1.44. The first-order chi connectivity index (χ1) is 17.0. The fourth-order valence-electron chi connectivity index (χ4n) is 4.20. The van der Waals surface area contributed by atoms with Crippen LogP contribution in [0.4, 0.5) is 5.82 Å². The number of pyridine rings is 1. The molecule has 0 aliphatic rings. The first-order valence-electron chi connectivity index (χ1n) is 11.9. The van der Waals surface area contributed by atoms with E-state index in [1.807, 2.05) is 30.3 Å². The summed E-state index contributed by atoms with van der Waals surface area (Å²) in [6, 6.07) is 15.3. The number of aromatic nitrogens is 3. The van der Waals surface area contributed by atoms with Crippen LogP contribution in [0.1, 0.15) is 47.9 Å². The fraction of sp³-hybridized carbons (Fsp3) is 0.308. The van der Waals surface area contributed by atoms with Crippen molar-refractivity contribution in [2.24, 2.45) is 16.5 Å². The van der Waals surface area contributed by atoms with Crippen molar-refractivity contribution >= 4 is 39.6 Å². The summed E-state index contributed by atoms with van der Waals surface area (Å²) >= 11 is 0. The Balaban J connectivity index is 1.39. The summed E-state index contributed by atoms with van der Waals surface area (Å²) in [6.45, 7) is 3.93. The van der Waals surface area contributed by atoms with E-state index in [9.17, 15) is 4.79 Å². The molecule has 9 heteroatoms. The van der Waals surface area contributed by atoms with E-state index in [4.69, 9.17) is 22.2 Å². The van der Waals surface area contributed by atoms with Crippen molar-refractivity contribution in [2.75, 3.05) is 12.3 Å². The molecule has 9 nitrogen and oxygen atoms in total. The zero-order valence-electron chi connectivity index (χ0n) is 20.0. The quantitative estimate of drug-likeness (QED) is 0.158. The number of benzene rings is 2. The maximum atomic E-state index is 12.5. The summed E-state index contributed by atoms with van der Waals surface area (Å²) in [6.07, 6.45) is 3.61. The molecular weight excluding hydrogens is 440 g/mol. The van der Waals surface area contributed by atoms with Crippen molar-refractivity contribution in [2.45, 2.75) is 45.7 Å². The Morgan fingerprint density at radius 3 is 2.57 bits per heavy atom. The number of rotatable bonds is 10. The molecule has 0 saturated heterocycles. The minimum absolute atomic E-state index is 0.0469. The molecule has 2 aromatic heterocycles. The number of amides is 1. The van der Waals surface area contributed by atoms with Crippen molar-refractivity contribution in [3.8, 4) is 0 Å². The molecule has 0 unspecified atom stereocenters. The molecule has 0 aliphatic carbocycles. The Hall–Kier alpha value is -4.14. The molecule has 7 N–H and O–H groups in total. The van der Waals surface area contributed by atoms with Gasteiger partial charge in [-0.25, -0.2) is 15.0 Å². The number of hydrogen-bond donors (Lipinski definition) is 4. The maximum Gasteiger partial charge on any atom is 0.251 e. The SMILES string of the molecule is CCCc1nc2c(N)nc3ccccc3c2n1CCCCNC(=O)c1ccc(CN=C(N)N)cc1. The van der Waals surface area contributed by atoms with Crippen molar-refractivity contribution in [1.82, 2.24) is 19.9 Å². The van der Waals surface area contributed by atoms with Crippen LogP contribution < -0.4 is 22.5 Å². The van der Waals surface area contributed by atoms with Gasteiger partial charge in [0.1, 0.15) is 11.3 Å². The van der Waals surface area contributed by atoms with Crippen LogP contribution in [-0.2, 0) is 19.5 Å². The molecular formula is C26H32N8O. The number of carbonyl (C=O) groups excluding carboxylic acids is 1. The molecule has 0 atom stereocenters. The third-order valence-electron chi connectivity index (χ3n) is 5.92. The highest BCUT2D eigenvalue weighted by molar-refractivity contribution is 6.06. The maximum absolute atomic E-state index is 12.5. The van der Waals surface area contributed by atoms with Gasteiger partial charge in [0.15, 0.2) is 11.8 Å². The minimum atomic E-state index is -0.0945. The average Bonchev–Trinajstić information content (AvgIpc) is 3.22. The van der Waals surface area contributed by atoms with E-state index in [2.05, 4.69) is 32.9 Å². The largest absolute Gasteiger partial charge is 0.382 e. The van der Waals surface area contributed by atoms with Gasteiger partial charge in [0.25, 0.3) is 5.91 Å². The van der Waals surface area contributed by atoms with Gasteiger partial charge >= 0.3 is 0 Å². The smallest absolute Gasteiger partial charge is 0.251 e. The minimum Gasteiger partial charge on any atom is -0.382 e. The first kappa shape index (κ1) is 24.0. The molecule has 2 heterocycles. The van der Waals surface area contributed by atoms with Crippen LogP contribution in [0.15, 0.2) is 53.5 Å². The molecule has 0 aliphatic heterocycles. The van der Waals surface area contributed by atoms with Crippen molar-refractivity contribution < 1.29 is 4.79 Å². The third-order valence-corrected chi connectivity index (χ3v) is 5.92. The lowest BCUT2D eigenvalue weighted by Crippen LogP contribution is -2.24. The standard InChI is InChI=1S/C26H32N8O/c1-2-7-21-33-22-23(19-8-3-4-9-20(19)32-24(22)27)34(21)15-6-5-14-30-25(35)18-12-10-17(11-13-18)16-31-26(28)29/h3-4,8-13H,2,5-7,14-16H2,1H3,(H2,27,32)(H,30,35)(H4,28,29,31). The summed E-state index contributed by atoms with van der Waals surface area (Å²) in [7, 11) is 0. The highest BCUT2D eigenvalue weighted by Crippen LogP contribution is 2.29. The van der Waals surface area contributed by atoms with E-state index in [-0.39, 0.29) is 11.9 Å². The highest BCUT2D eigenvalue weighted by Gasteiger charge is 2.16. The number of fused-ring (bicyclic) bond motifs is 3. The number of nitrogen functional groups attached to an aromatic ring is 1. The summed E-state index contributed by atoms with van der Waals surface area (Å²) < 4.78 is 2.27. The molecule has 0 radical (unpaired) electrons. The van der Waals surface area contributed by atoms with Crippen LogP contribution in [0, 0.1) is 0 Å². The van der Waals surface area contributed by atoms with E-state index in [1.165, 1.54) is 0 Å². The van der Waals surface area contributed by atoms with Crippen molar-refractivity contribution in [3.63, 3.8) is 0 Å². The van der Waals surface area contributed by atoms with Crippen LogP contribution in [-0.4, -0.2) is 32.9 Å². The van der Waals surface area contributed by atoms with E-state index < -0.39 is 0 Å². The predicted molar refractivity (Wildman–Crippen MR) is 141 cm³/mol. The average molecular weight is 473 g/mol. The van der Waals surface area contributed by atoms with Gasteiger partial charge in [-0.1, -0.05) is 37.3 Å². The van der Waals surface area contributed by atoms with E-state index in [0.717, 1.165) is 65.6 Å². The summed E-state index contributed by atoms with van der Waals surface area (Å²) in [4.78, 5) is 25.8. The number of nitrogens with zero attached hydrogens (tertiary/aromatic N) is 4. The molecule has 4 aromatic rings. The fourth-order valence-corrected chi connectivity index (χ4v) is 4.20.